The van der Waals surface area contributed by atoms with Crippen molar-refractivity contribution in [3.05, 3.63) is 0 Å². The van der Waals surface area contributed by atoms with Crippen LogP contribution in [0.3, 0.4) is 0 Å². The second-order valence-electron chi connectivity index (χ2n) is 4.76. The van der Waals surface area contributed by atoms with Crippen molar-refractivity contribution < 1.29 is 25.2 Å². The number of aliphatic hydroxyl groups is 4. The lowest BCUT2D eigenvalue weighted by Gasteiger charge is -2.43. The van der Waals surface area contributed by atoms with Gasteiger partial charge in [-0.25, -0.2) is 0 Å². The van der Waals surface area contributed by atoms with E-state index < -0.39 is 18.3 Å². The molecule has 1 saturated heterocycles. The van der Waals surface area contributed by atoms with Crippen LogP contribution in [-0.4, -0.2) is 82.6 Å². The Morgan fingerprint density at radius 3 is 2.56 bits per heavy atom. The van der Waals surface area contributed by atoms with Gasteiger partial charge in [0.25, 0.3) is 0 Å². The van der Waals surface area contributed by atoms with Gasteiger partial charge in [0.2, 0.25) is 0 Å². The third kappa shape index (κ3) is 4.15. The largest absolute Gasteiger partial charge is 0.395 e. The zero-order chi connectivity index (χ0) is 13.5. The van der Waals surface area contributed by atoms with E-state index in [2.05, 4.69) is 6.92 Å². The normalized spacial score (nSPS) is 33.8. The molecule has 0 unspecified atom stereocenters. The lowest BCUT2D eigenvalue weighted by Crippen LogP contribution is -2.63. The third-order valence-electron chi connectivity index (χ3n) is 3.35. The quantitative estimate of drug-likeness (QED) is 0.421. The summed E-state index contributed by atoms with van der Waals surface area (Å²) in [5, 5.41) is 38.2. The molecule has 1 aliphatic heterocycles. The minimum atomic E-state index is -1.15. The third-order valence-corrected chi connectivity index (χ3v) is 3.35. The maximum absolute atomic E-state index is 9.95. The molecule has 18 heavy (non-hydrogen) atoms. The second-order valence-corrected chi connectivity index (χ2v) is 4.76. The van der Waals surface area contributed by atoms with Gasteiger partial charge < -0.3 is 25.2 Å². The Morgan fingerprint density at radius 2 is 1.94 bits per heavy atom. The second kappa shape index (κ2) is 8.04. The summed E-state index contributed by atoms with van der Waals surface area (Å²) in [5.41, 5.74) is 0. The fourth-order valence-corrected chi connectivity index (χ4v) is 2.19. The van der Waals surface area contributed by atoms with Crippen molar-refractivity contribution in [2.24, 2.45) is 0 Å². The Labute approximate surface area is 108 Å². The molecule has 0 aromatic rings. The van der Waals surface area contributed by atoms with Gasteiger partial charge in [-0.1, -0.05) is 13.3 Å². The fourth-order valence-electron chi connectivity index (χ4n) is 2.19. The van der Waals surface area contributed by atoms with E-state index in [1.807, 2.05) is 0 Å². The molecule has 0 aromatic carbocycles. The number of hydrogen-bond donors (Lipinski definition) is 4. The lowest BCUT2D eigenvalue weighted by atomic mass is 9.94. The van der Waals surface area contributed by atoms with Crippen LogP contribution in [0.15, 0.2) is 0 Å². The predicted octanol–water partition coefficient (Wildman–Crippen LogP) is -1.44. The van der Waals surface area contributed by atoms with Crippen molar-refractivity contribution >= 4 is 0 Å². The molecule has 108 valence electrons. The van der Waals surface area contributed by atoms with Gasteiger partial charge in [-0.3, -0.25) is 4.90 Å². The molecule has 0 bridgehead atoms. The van der Waals surface area contributed by atoms with Crippen LogP contribution in [0.5, 0.6) is 0 Å². The highest BCUT2D eigenvalue weighted by Crippen LogP contribution is 2.19. The highest BCUT2D eigenvalue weighted by Gasteiger charge is 2.40. The molecule has 0 saturated carbocycles. The van der Waals surface area contributed by atoms with Crippen molar-refractivity contribution in [2.45, 2.75) is 44.1 Å². The van der Waals surface area contributed by atoms with Gasteiger partial charge in [-0.15, -0.1) is 0 Å². The lowest BCUT2D eigenvalue weighted by molar-refractivity contribution is -0.151. The molecule has 1 heterocycles. The Bertz CT molecular complexity index is 229. The Morgan fingerprint density at radius 1 is 1.22 bits per heavy atom. The monoisotopic (exact) mass is 263 g/mol. The molecular formula is C12H25NO5. The van der Waals surface area contributed by atoms with Crippen LogP contribution in [0.2, 0.25) is 0 Å². The van der Waals surface area contributed by atoms with Gasteiger partial charge in [0.15, 0.2) is 0 Å². The van der Waals surface area contributed by atoms with Crippen LogP contribution in [0.4, 0.5) is 0 Å². The van der Waals surface area contributed by atoms with Crippen LogP contribution < -0.4 is 0 Å². The van der Waals surface area contributed by atoms with Crippen molar-refractivity contribution in [3.8, 4) is 0 Å². The minimum absolute atomic E-state index is 0.0546. The van der Waals surface area contributed by atoms with E-state index in [0.29, 0.717) is 19.8 Å². The van der Waals surface area contributed by atoms with E-state index in [-0.39, 0.29) is 19.2 Å². The first kappa shape index (κ1) is 15.8. The molecule has 6 nitrogen and oxygen atoms in total. The van der Waals surface area contributed by atoms with Crippen LogP contribution in [-0.2, 0) is 4.74 Å². The average Bonchev–Trinajstić information content (AvgIpc) is 2.35. The highest BCUT2D eigenvalue weighted by atomic mass is 16.5. The SMILES string of the molecule is CCCCOC[C@@H]1[C@@H](O)[C@H](O)[C@H](O)CN1CCO. The maximum Gasteiger partial charge on any atom is 0.109 e. The van der Waals surface area contributed by atoms with Gasteiger partial charge in [-0.2, -0.15) is 0 Å². The van der Waals surface area contributed by atoms with Gasteiger partial charge in [0.1, 0.15) is 12.2 Å². The van der Waals surface area contributed by atoms with Crippen LogP contribution in [0.1, 0.15) is 19.8 Å². The Hall–Kier alpha value is -0.240. The van der Waals surface area contributed by atoms with E-state index in [1.165, 1.54) is 0 Å². The topological polar surface area (TPSA) is 93.4 Å². The number of aliphatic hydroxyl groups excluding tert-OH is 4. The van der Waals surface area contributed by atoms with Gasteiger partial charge >= 0.3 is 0 Å². The maximum atomic E-state index is 9.95. The molecule has 1 fully saturated rings. The van der Waals surface area contributed by atoms with E-state index in [1.54, 1.807) is 4.90 Å². The minimum Gasteiger partial charge on any atom is -0.395 e. The Kier molecular flexibility index (Phi) is 7.06. The van der Waals surface area contributed by atoms with Crippen molar-refractivity contribution in [3.63, 3.8) is 0 Å². The smallest absolute Gasteiger partial charge is 0.109 e. The molecular weight excluding hydrogens is 238 g/mol. The number of piperidine rings is 1. The molecule has 1 rings (SSSR count). The molecule has 4 N–H and O–H groups in total. The first-order valence-corrected chi connectivity index (χ1v) is 6.58. The standard InChI is InChI=1S/C12H25NO5/c1-2-3-6-18-8-9-11(16)12(17)10(15)7-13(9)4-5-14/h9-12,14-17H,2-8H2,1H3/t9-,10-,11-,12-/m1/s1. The molecule has 0 spiro atoms. The van der Waals surface area contributed by atoms with Gasteiger partial charge in [0.05, 0.1) is 25.4 Å². The summed E-state index contributed by atoms with van der Waals surface area (Å²) in [4.78, 5) is 1.76. The zero-order valence-electron chi connectivity index (χ0n) is 10.9. The average molecular weight is 263 g/mol. The van der Waals surface area contributed by atoms with Crippen LogP contribution in [0, 0.1) is 0 Å². The van der Waals surface area contributed by atoms with E-state index in [4.69, 9.17) is 9.84 Å². The highest BCUT2D eigenvalue weighted by molar-refractivity contribution is 4.94. The van der Waals surface area contributed by atoms with E-state index in [9.17, 15) is 15.3 Å². The molecule has 1 aliphatic rings. The summed E-state index contributed by atoms with van der Waals surface area (Å²) in [7, 11) is 0. The number of ether oxygens (including phenoxy) is 1. The Balaban J connectivity index is 2.51. The molecule has 6 heteroatoms. The summed E-state index contributed by atoms with van der Waals surface area (Å²) in [6.45, 7) is 3.51. The van der Waals surface area contributed by atoms with E-state index >= 15 is 0 Å². The summed E-state index contributed by atoms with van der Waals surface area (Å²) in [5.74, 6) is 0. The zero-order valence-corrected chi connectivity index (χ0v) is 10.9. The number of hydrogen-bond acceptors (Lipinski definition) is 6. The summed E-state index contributed by atoms with van der Waals surface area (Å²) in [6, 6.07) is -0.382. The first-order chi connectivity index (χ1) is 8.61. The number of rotatable bonds is 7. The summed E-state index contributed by atoms with van der Waals surface area (Å²) >= 11 is 0. The number of β-amino-alcohol motifs (C(OH)–C–C–N with tert-alkyl or cyclic N) is 2. The van der Waals surface area contributed by atoms with Crippen molar-refractivity contribution in [1.82, 2.24) is 4.90 Å². The molecule has 4 atom stereocenters. The van der Waals surface area contributed by atoms with Gasteiger partial charge in [0, 0.05) is 19.7 Å². The first-order valence-electron chi connectivity index (χ1n) is 6.58. The van der Waals surface area contributed by atoms with Crippen molar-refractivity contribution in [2.75, 3.05) is 32.9 Å². The number of unbranched alkanes of at least 4 members (excludes halogenated alkanes) is 1. The molecule has 0 aliphatic carbocycles. The molecule has 0 radical (unpaired) electrons. The van der Waals surface area contributed by atoms with Crippen LogP contribution >= 0.6 is 0 Å². The fraction of sp³-hybridized carbons (Fsp3) is 1.00. The summed E-state index contributed by atoms with van der Waals surface area (Å²) in [6.07, 6.45) is -1.21. The van der Waals surface area contributed by atoms with Crippen molar-refractivity contribution in [1.29, 1.82) is 0 Å². The summed E-state index contributed by atoms with van der Waals surface area (Å²) < 4.78 is 5.47. The predicted molar refractivity (Wildman–Crippen MR) is 66.2 cm³/mol. The molecule has 0 amide bonds. The van der Waals surface area contributed by atoms with Gasteiger partial charge in [-0.05, 0) is 6.42 Å². The number of likely N-dealkylation sites (tertiary alicyclic amines) is 1. The molecule has 0 aromatic heterocycles. The van der Waals surface area contributed by atoms with Crippen LogP contribution in [0.25, 0.3) is 0 Å². The number of nitrogens with zero attached hydrogens (tertiary/aromatic N) is 1. The van der Waals surface area contributed by atoms with E-state index in [0.717, 1.165) is 12.8 Å².